The monoisotopic (exact) mass is 528 g/mol. The highest BCUT2D eigenvalue weighted by Gasteiger charge is 2.28. The summed E-state index contributed by atoms with van der Waals surface area (Å²) in [5.74, 6) is -3.95. The summed E-state index contributed by atoms with van der Waals surface area (Å²) in [5, 5.41) is 30.5. The van der Waals surface area contributed by atoms with Crippen LogP contribution in [-0.4, -0.2) is 167 Å². The van der Waals surface area contributed by atoms with Gasteiger partial charge in [0.1, 0.15) is 0 Å². The predicted molar refractivity (Wildman–Crippen MR) is 128 cm³/mol. The van der Waals surface area contributed by atoms with E-state index in [-0.39, 0.29) is 96.0 Å². The second-order valence-corrected chi connectivity index (χ2v) is 9.07. The van der Waals surface area contributed by atoms with E-state index < -0.39 is 17.9 Å². The number of rotatable bonds is 11. The van der Waals surface area contributed by atoms with Gasteiger partial charge in [-0.2, -0.15) is 0 Å². The van der Waals surface area contributed by atoms with Gasteiger partial charge in [0.2, 0.25) is 17.7 Å². The van der Waals surface area contributed by atoms with E-state index >= 15 is 0 Å². The third-order valence-corrected chi connectivity index (χ3v) is 6.19. The molecule has 2 aliphatic heterocycles. The summed E-state index contributed by atoms with van der Waals surface area (Å²) in [6.45, 7) is 1.83. The van der Waals surface area contributed by atoms with Gasteiger partial charge in [-0.05, 0) is 0 Å². The smallest absolute Gasteiger partial charge is 0.317 e. The summed E-state index contributed by atoms with van der Waals surface area (Å²) in [7, 11) is 0. The largest absolute Gasteiger partial charge is 0.480 e. The first kappa shape index (κ1) is 30.1. The molecule has 2 fully saturated rings. The number of carboxylic acid groups (broad SMARTS) is 3. The number of carbonyl (C=O) groups is 6. The van der Waals surface area contributed by atoms with Crippen LogP contribution in [0.15, 0.2) is 0 Å². The number of amides is 3. The van der Waals surface area contributed by atoms with Crippen LogP contribution < -0.4 is 5.32 Å². The Kier molecular flexibility index (Phi) is 12.4. The number of hydrogen-bond donors (Lipinski definition) is 4. The van der Waals surface area contributed by atoms with Gasteiger partial charge < -0.3 is 20.6 Å². The number of carboxylic acids is 3. The lowest BCUT2D eigenvalue weighted by molar-refractivity contribution is -0.140. The van der Waals surface area contributed by atoms with Crippen molar-refractivity contribution >= 4 is 35.6 Å². The van der Waals surface area contributed by atoms with Gasteiger partial charge in [-0.15, -0.1) is 0 Å². The molecule has 2 rings (SSSR count). The van der Waals surface area contributed by atoms with Crippen LogP contribution >= 0.6 is 0 Å². The topological polar surface area (TPSA) is 191 Å². The number of carbonyl (C=O) groups excluding carboxylic acids is 3. The molecule has 0 aromatic heterocycles. The van der Waals surface area contributed by atoms with Gasteiger partial charge in [0.05, 0.1) is 26.2 Å². The molecule has 0 spiro atoms. The molecule has 0 unspecified atom stereocenters. The van der Waals surface area contributed by atoms with Crippen molar-refractivity contribution in [1.29, 1.82) is 0 Å². The second-order valence-electron chi connectivity index (χ2n) is 9.07. The first-order chi connectivity index (χ1) is 17.5. The van der Waals surface area contributed by atoms with Crippen molar-refractivity contribution in [3.63, 3.8) is 0 Å². The molecule has 0 bridgehead atoms. The molecule has 0 atom stereocenters. The molecule has 0 aromatic carbocycles. The minimum Gasteiger partial charge on any atom is -0.480 e. The van der Waals surface area contributed by atoms with Gasteiger partial charge in [0.25, 0.3) is 0 Å². The van der Waals surface area contributed by atoms with E-state index in [2.05, 4.69) is 5.32 Å². The molecule has 2 saturated heterocycles. The lowest BCUT2D eigenvalue weighted by Crippen LogP contribution is -2.50. The molecule has 15 nitrogen and oxygen atoms in total. The Morgan fingerprint density at radius 2 is 0.919 bits per heavy atom. The zero-order valence-corrected chi connectivity index (χ0v) is 20.8. The first-order valence-corrected chi connectivity index (χ1v) is 12.2. The third kappa shape index (κ3) is 11.6. The SMILES string of the molecule is O=C(O)CN1CCN(CC(=O)O)CCN(CC(=O)NCCN2C(=O)CCC2=O)CCN(CC(=O)O)CC1. The van der Waals surface area contributed by atoms with Crippen LogP contribution in [0.1, 0.15) is 12.8 Å². The highest BCUT2D eigenvalue weighted by Crippen LogP contribution is 2.10. The molecule has 0 aromatic rings. The quantitative estimate of drug-likeness (QED) is 0.195. The molecule has 0 radical (unpaired) electrons. The van der Waals surface area contributed by atoms with Crippen LogP contribution in [0.4, 0.5) is 0 Å². The van der Waals surface area contributed by atoms with Crippen LogP contribution in [0.25, 0.3) is 0 Å². The Bertz CT molecular complexity index is 806. The Balaban J connectivity index is 2.01. The van der Waals surface area contributed by atoms with Gasteiger partial charge in [0, 0.05) is 78.3 Å². The fraction of sp³-hybridized carbons (Fsp3) is 0.727. The number of imide groups is 1. The lowest BCUT2D eigenvalue weighted by Gasteiger charge is -2.32. The normalized spacial score (nSPS) is 19.8. The molecular weight excluding hydrogens is 492 g/mol. The maximum absolute atomic E-state index is 12.6. The zero-order valence-electron chi connectivity index (χ0n) is 20.8. The highest BCUT2D eigenvalue weighted by atomic mass is 16.4. The average molecular weight is 529 g/mol. The standard InChI is InChI=1S/C22H36N6O9/c29-17(23-3-4-28-18(30)1-2-19(28)31)13-24-5-7-25(14-20(32)33)9-11-27(16-22(36)37)12-10-26(8-6-24)15-21(34)35/h1-16H2,(H,23,29)(H,32,33)(H,34,35)(H,36,37). The van der Waals surface area contributed by atoms with E-state index in [1.54, 1.807) is 19.6 Å². The molecule has 3 amide bonds. The Morgan fingerprint density at radius 1 is 0.595 bits per heavy atom. The minimum absolute atomic E-state index is 0.0329. The summed E-state index contributed by atoms with van der Waals surface area (Å²) >= 11 is 0. The Labute approximate surface area is 214 Å². The molecule has 2 aliphatic rings. The van der Waals surface area contributed by atoms with Crippen molar-refractivity contribution in [2.45, 2.75) is 12.8 Å². The molecule has 0 saturated carbocycles. The van der Waals surface area contributed by atoms with E-state index in [1.165, 1.54) is 0 Å². The first-order valence-electron chi connectivity index (χ1n) is 12.2. The molecular formula is C22H36N6O9. The number of hydrogen-bond acceptors (Lipinski definition) is 10. The van der Waals surface area contributed by atoms with E-state index in [9.17, 15) is 44.1 Å². The fourth-order valence-corrected chi connectivity index (χ4v) is 4.22. The number of aliphatic carboxylic acids is 3. The van der Waals surface area contributed by atoms with Crippen molar-refractivity contribution in [2.75, 3.05) is 91.6 Å². The third-order valence-electron chi connectivity index (χ3n) is 6.19. The van der Waals surface area contributed by atoms with Gasteiger partial charge in [0.15, 0.2) is 0 Å². The van der Waals surface area contributed by atoms with Crippen LogP contribution in [-0.2, 0) is 28.8 Å². The van der Waals surface area contributed by atoms with Gasteiger partial charge in [-0.25, -0.2) is 0 Å². The molecule has 208 valence electrons. The lowest BCUT2D eigenvalue weighted by atomic mass is 10.3. The van der Waals surface area contributed by atoms with Gasteiger partial charge in [-0.1, -0.05) is 0 Å². The predicted octanol–water partition coefficient (Wildman–Crippen LogP) is -3.27. The van der Waals surface area contributed by atoms with E-state index in [4.69, 9.17) is 0 Å². The van der Waals surface area contributed by atoms with Crippen LogP contribution in [0.2, 0.25) is 0 Å². The maximum atomic E-state index is 12.6. The van der Waals surface area contributed by atoms with Crippen molar-refractivity contribution in [3.8, 4) is 0 Å². The van der Waals surface area contributed by atoms with Crippen LogP contribution in [0.5, 0.6) is 0 Å². The summed E-state index contributed by atoms with van der Waals surface area (Å²) in [6, 6.07) is 0. The van der Waals surface area contributed by atoms with Crippen molar-refractivity contribution in [1.82, 2.24) is 29.8 Å². The molecule has 15 heteroatoms. The van der Waals surface area contributed by atoms with Crippen molar-refractivity contribution < 1.29 is 44.1 Å². The van der Waals surface area contributed by atoms with Crippen LogP contribution in [0.3, 0.4) is 0 Å². The molecule has 2 heterocycles. The fourth-order valence-electron chi connectivity index (χ4n) is 4.22. The van der Waals surface area contributed by atoms with Gasteiger partial charge in [-0.3, -0.25) is 53.3 Å². The molecule has 4 N–H and O–H groups in total. The maximum Gasteiger partial charge on any atom is 0.317 e. The number of nitrogens with zero attached hydrogens (tertiary/aromatic N) is 5. The van der Waals surface area contributed by atoms with E-state index in [0.717, 1.165) is 4.90 Å². The Hall–Kier alpha value is -3.14. The van der Waals surface area contributed by atoms with Crippen LogP contribution in [0, 0.1) is 0 Å². The van der Waals surface area contributed by atoms with E-state index in [0.29, 0.717) is 26.2 Å². The van der Waals surface area contributed by atoms with Crippen molar-refractivity contribution in [3.05, 3.63) is 0 Å². The summed E-state index contributed by atoms with van der Waals surface area (Å²) in [5.41, 5.74) is 0. The average Bonchev–Trinajstić information content (AvgIpc) is 3.12. The van der Waals surface area contributed by atoms with E-state index in [1.807, 2.05) is 0 Å². The molecule has 0 aliphatic carbocycles. The summed E-state index contributed by atoms with van der Waals surface area (Å²) in [4.78, 5) is 77.8. The number of nitrogens with one attached hydrogen (secondary N) is 1. The summed E-state index contributed by atoms with van der Waals surface area (Å²) < 4.78 is 0. The van der Waals surface area contributed by atoms with Crippen molar-refractivity contribution in [2.24, 2.45) is 0 Å². The Morgan fingerprint density at radius 3 is 1.24 bits per heavy atom. The highest BCUT2D eigenvalue weighted by molar-refractivity contribution is 6.01. The molecule has 37 heavy (non-hydrogen) atoms. The van der Waals surface area contributed by atoms with Gasteiger partial charge >= 0.3 is 17.9 Å². The number of likely N-dealkylation sites (tertiary alicyclic amines) is 1. The zero-order chi connectivity index (χ0) is 27.4. The minimum atomic E-state index is -1.03. The summed E-state index contributed by atoms with van der Waals surface area (Å²) in [6.07, 6.45) is 0.350. The second kappa shape index (κ2) is 15.2.